The molecule has 0 aliphatic heterocycles. The molecule has 4 nitrogen and oxygen atoms in total. The Morgan fingerprint density at radius 3 is 1.29 bits per heavy atom. The molecular weight excluding hydrogens is 314 g/mol. The third kappa shape index (κ3) is 10.1. The van der Waals surface area contributed by atoms with Crippen molar-refractivity contribution in [3.05, 3.63) is 0 Å². The van der Waals surface area contributed by atoms with Crippen molar-refractivity contribution < 1.29 is 9.59 Å². The van der Waals surface area contributed by atoms with Crippen molar-refractivity contribution >= 4 is 41.6 Å². The van der Waals surface area contributed by atoms with Crippen molar-refractivity contribution in [2.24, 2.45) is 5.73 Å². The molecule has 2 amide bonds. The van der Waals surface area contributed by atoms with Crippen molar-refractivity contribution in [1.82, 2.24) is 4.90 Å². The number of carbonyl (C=O) groups excluding carboxylic acids is 2. The molecular formula is C8H16N2O2Se2. The third-order valence-electron chi connectivity index (χ3n) is 1.32. The predicted molar refractivity (Wildman–Crippen MR) is 58.6 cm³/mol. The topological polar surface area (TPSA) is 63.4 Å². The molecule has 2 N–H and O–H groups in total. The molecule has 0 aliphatic rings. The molecule has 82 valence electrons. The number of nitrogens with zero attached hydrogens (tertiary/aromatic N) is 1. The summed E-state index contributed by atoms with van der Waals surface area (Å²) in [7, 11) is 0. The number of rotatable bonds is 2. The van der Waals surface area contributed by atoms with Crippen molar-refractivity contribution in [2.45, 2.75) is 39.8 Å². The summed E-state index contributed by atoms with van der Waals surface area (Å²) in [5.41, 5.74) is 4.42. The Labute approximate surface area is 102 Å². The first-order chi connectivity index (χ1) is 6.20. The number of amides is 2. The van der Waals surface area contributed by atoms with Gasteiger partial charge in [-0.2, -0.15) is 0 Å². The molecule has 0 saturated heterocycles. The molecule has 0 fully saturated rings. The molecule has 0 spiro atoms. The van der Waals surface area contributed by atoms with Gasteiger partial charge in [0.1, 0.15) is 0 Å². The van der Waals surface area contributed by atoms with Crippen LogP contribution in [0.5, 0.6) is 0 Å². The van der Waals surface area contributed by atoms with Crippen LogP contribution >= 0.6 is 0 Å². The summed E-state index contributed by atoms with van der Waals surface area (Å²) in [6, 6.07) is 0.572. The van der Waals surface area contributed by atoms with E-state index in [0.29, 0.717) is 0 Å². The normalized spacial score (nSPS) is 9.29. The van der Waals surface area contributed by atoms with Crippen LogP contribution < -0.4 is 5.73 Å². The molecule has 6 heteroatoms. The summed E-state index contributed by atoms with van der Waals surface area (Å²) in [6.07, 6.45) is 0. The quantitative estimate of drug-likeness (QED) is 0.755. The number of carbonyl (C=O) groups is 2. The molecule has 14 heavy (non-hydrogen) atoms. The standard InChI is InChI=1S/C7H14NOSe.CH2NOSe/c1-5(2)8(6(3)4)7(9)10;2-1(3)4/h5-6H,1-4H3;(H2,2,3). The number of nitrogens with two attached hydrogens (primary N) is 1. The van der Waals surface area contributed by atoms with Gasteiger partial charge >= 0.3 is 102 Å². The SMILES string of the molecule is CC(C)N(C(=O)[Se])C(C)C.NC(=O)[Se]. The first-order valence-corrected chi connectivity index (χ1v) is 5.87. The maximum atomic E-state index is 10.9. The molecule has 0 bridgehead atoms. The molecule has 0 heterocycles. The second-order valence-electron chi connectivity index (χ2n) is 3.18. The van der Waals surface area contributed by atoms with Gasteiger partial charge in [-0.1, -0.05) is 0 Å². The molecule has 0 aliphatic carbocycles. The van der Waals surface area contributed by atoms with Crippen molar-refractivity contribution in [1.29, 1.82) is 0 Å². The zero-order valence-electron chi connectivity index (χ0n) is 8.81. The Hall–Kier alpha value is -0.0210. The molecule has 0 atom stereocenters. The Bertz CT molecular complexity index is 184. The monoisotopic (exact) mass is 332 g/mol. The Morgan fingerprint density at radius 2 is 1.29 bits per heavy atom. The van der Waals surface area contributed by atoms with Crippen LogP contribution in [0.4, 0.5) is 9.59 Å². The summed E-state index contributed by atoms with van der Waals surface area (Å²) >= 11 is 4.53. The van der Waals surface area contributed by atoms with Gasteiger partial charge in [-0.25, -0.2) is 0 Å². The molecule has 0 aromatic heterocycles. The Balaban J connectivity index is 0. The summed E-state index contributed by atoms with van der Waals surface area (Å²) in [5, 5.41) is 0. The van der Waals surface area contributed by atoms with Crippen molar-refractivity contribution in [3.63, 3.8) is 0 Å². The van der Waals surface area contributed by atoms with Crippen LogP contribution in [0.1, 0.15) is 27.7 Å². The van der Waals surface area contributed by atoms with E-state index in [1.54, 1.807) is 4.90 Å². The minimum atomic E-state index is -0.458. The molecule has 0 saturated carbocycles. The average molecular weight is 330 g/mol. The van der Waals surface area contributed by atoms with Gasteiger partial charge in [-0.05, 0) is 0 Å². The zero-order valence-corrected chi connectivity index (χ0v) is 12.2. The molecule has 2 radical (unpaired) electrons. The van der Waals surface area contributed by atoms with Gasteiger partial charge in [0.15, 0.2) is 0 Å². The van der Waals surface area contributed by atoms with Gasteiger partial charge in [-0.3, -0.25) is 0 Å². The Morgan fingerprint density at radius 1 is 1.07 bits per heavy atom. The van der Waals surface area contributed by atoms with Crippen molar-refractivity contribution in [2.75, 3.05) is 0 Å². The van der Waals surface area contributed by atoms with Crippen LogP contribution in [-0.2, 0) is 0 Å². The number of hydrogen-bond acceptors (Lipinski definition) is 2. The van der Waals surface area contributed by atoms with E-state index in [9.17, 15) is 4.79 Å². The fourth-order valence-corrected chi connectivity index (χ4v) is 1.90. The van der Waals surface area contributed by atoms with Gasteiger partial charge in [0.05, 0.1) is 0 Å². The van der Waals surface area contributed by atoms with Crippen LogP contribution in [0, 0.1) is 0 Å². The maximum absolute atomic E-state index is 10.9. The van der Waals surface area contributed by atoms with E-state index >= 15 is 0 Å². The zero-order chi connectivity index (χ0) is 11.9. The van der Waals surface area contributed by atoms with Gasteiger partial charge < -0.3 is 0 Å². The number of hydrogen-bond donors (Lipinski definition) is 1. The summed E-state index contributed by atoms with van der Waals surface area (Å²) in [6.45, 7) is 8.04. The fraction of sp³-hybridized carbons (Fsp3) is 0.750. The first-order valence-electron chi connectivity index (χ1n) is 4.15. The molecule has 0 aromatic rings. The van der Waals surface area contributed by atoms with Gasteiger partial charge in [0.2, 0.25) is 0 Å². The molecule has 0 unspecified atom stereocenters. The van der Waals surface area contributed by atoms with E-state index in [1.165, 1.54) is 0 Å². The third-order valence-corrected chi connectivity index (χ3v) is 1.77. The van der Waals surface area contributed by atoms with E-state index in [1.807, 2.05) is 43.7 Å². The minimum absolute atomic E-state index is 0.0324. The van der Waals surface area contributed by atoms with E-state index < -0.39 is 4.81 Å². The van der Waals surface area contributed by atoms with E-state index in [2.05, 4.69) is 21.7 Å². The van der Waals surface area contributed by atoms with Crippen LogP contribution in [0.2, 0.25) is 0 Å². The van der Waals surface area contributed by atoms with Gasteiger partial charge in [0, 0.05) is 0 Å². The second kappa shape index (κ2) is 8.30. The van der Waals surface area contributed by atoms with Crippen LogP contribution in [-0.4, -0.2) is 58.6 Å². The van der Waals surface area contributed by atoms with Crippen LogP contribution in [0.25, 0.3) is 0 Å². The molecule has 0 rings (SSSR count). The predicted octanol–water partition coefficient (Wildman–Crippen LogP) is 0.627. The van der Waals surface area contributed by atoms with Crippen LogP contribution in [0.15, 0.2) is 0 Å². The van der Waals surface area contributed by atoms with Crippen molar-refractivity contribution in [3.8, 4) is 0 Å². The summed E-state index contributed by atoms with van der Waals surface area (Å²) in [4.78, 5) is 21.4. The van der Waals surface area contributed by atoms with E-state index in [-0.39, 0.29) is 16.9 Å². The van der Waals surface area contributed by atoms with Crippen LogP contribution in [0.3, 0.4) is 0 Å². The number of primary amides is 1. The summed E-state index contributed by atoms with van der Waals surface area (Å²) in [5.74, 6) is 0. The second-order valence-corrected chi connectivity index (χ2v) is 4.76. The van der Waals surface area contributed by atoms with Gasteiger partial charge in [0.25, 0.3) is 0 Å². The van der Waals surface area contributed by atoms with E-state index in [4.69, 9.17) is 4.79 Å². The average Bonchev–Trinajstić information content (AvgIpc) is 1.80. The summed E-state index contributed by atoms with van der Waals surface area (Å²) < 4.78 is 0. The molecule has 0 aromatic carbocycles. The Kier molecular flexibility index (Phi) is 9.73. The first kappa shape index (κ1) is 16.4. The fourth-order valence-electron chi connectivity index (χ4n) is 1.02. The van der Waals surface area contributed by atoms with Gasteiger partial charge in [-0.15, -0.1) is 0 Å². The van der Waals surface area contributed by atoms with E-state index in [0.717, 1.165) is 0 Å².